The molecule has 11 nitrogen and oxygen atoms in total. The van der Waals surface area contributed by atoms with Crippen LogP contribution in [-0.4, -0.2) is 60.6 Å². The van der Waals surface area contributed by atoms with E-state index in [4.69, 9.17) is 5.11 Å². The topological polar surface area (TPSA) is 175 Å². The fraction of sp³-hybridized carbons (Fsp3) is 0.412. The van der Waals surface area contributed by atoms with E-state index in [1.54, 1.807) is 12.4 Å². The van der Waals surface area contributed by atoms with Crippen LogP contribution in [0.2, 0.25) is 0 Å². The van der Waals surface area contributed by atoms with E-state index in [2.05, 4.69) is 20.3 Å². The van der Waals surface area contributed by atoms with Crippen LogP contribution in [0.1, 0.15) is 56.9 Å². The van der Waals surface area contributed by atoms with Gasteiger partial charge in [0, 0.05) is 30.5 Å². The van der Waals surface area contributed by atoms with Gasteiger partial charge in [0.1, 0.15) is 6.04 Å². The van der Waals surface area contributed by atoms with Crippen LogP contribution in [0.4, 0.5) is 5.69 Å². The molecular weight excluding hydrogens is 608 g/mol. The number of anilines is 1. The maximum atomic E-state index is 13.5. The summed E-state index contributed by atoms with van der Waals surface area (Å²) in [6.45, 7) is -0.455. The van der Waals surface area contributed by atoms with Crippen molar-refractivity contribution in [2.24, 2.45) is 11.8 Å². The van der Waals surface area contributed by atoms with E-state index >= 15 is 0 Å². The molecule has 0 bridgehead atoms. The molecule has 1 heterocycles. The molecule has 1 saturated carbocycles. The molecule has 0 saturated heterocycles. The number of carbonyl (C=O) groups excluding carboxylic acids is 2. The molecule has 12 heteroatoms. The van der Waals surface area contributed by atoms with Crippen molar-refractivity contribution in [1.29, 1.82) is 0 Å². The Balaban J connectivity index is 1.40. The zero-order valence-corrected chi connectivity index (χ0v) is 26.5. The number of carboxylic acids is 1. The molecule has 2 unspecified atom stereocenters. The third-order valence-corrected chi connectivity index (χ3v) is 9.79. The van der Waals surface area contributed by atoms with Crippen LogP contribution in [0.5, 0.6) is 0 Å². The molecule has 2 atom stereocenters. The molecule has 246 valence electrons. The molecule has 1 aromatic heterocycles. The van der Waals surface area contributed by atoms with Crippen LogP contribution < -0.4 is 15.4 Å². The number of carboxylic acid groups (broad SMARTS) is 1. The van der Waals surface area contributed by atoms with Crippen molar-refractivity contribution in [3.63, 3.8) is 0 Å². The van der Waals surface area contributed by atoms with Gasteiger partial charge in [-0.05, 0) is 91.1 Å². The number of hydrogen-bond acceptors (Lipinski definition) is 7. The van der Waals surface area contributed by atoms with E-state index in [0.717, 1.165) is 48.8 Å². The van der Waals surface area contributed by atoms with Gasteiger partial charge in [-0.25, -0.2) is 13.1 Å². The summed E-state index contributed by atoms with van der Waals surface area (Å²) in [6.07, 6.45) is 9.18. The Labute approximate surface area is 269 Å². The third kappa shape index (κ3) is 10.2. The highest BCUT2D eigenvalue weighted by Gasteiger charge is 2.33. The molecule has 1 fully saturated rings. The lowest BCUT2D eigenvalue weighted by Gasteiger charge is -2.31. The van der Waals surface area contributed by atoms with Crippen LogP contribution in [0, 0.1) is 11.8 Å². The summed E-state index contributed by atoms with van der Waals surface area (Å²) in [5.74, 6) is -2.88. The predicted molar refractivity (Wildman–Crippen MR) is 174 cm³/mol. The number of aryl methyl sites for hydroxylation is 1. The molecule has 46 heavy (non-hydrogen) atoms. The van der Waals surface area contributed by atoms with E-state index in [1.807, 2.05) is 36.4 Å². The van der Waals surface area contributed by atoms with Gasteiger partial charge in [0.05, 0.1) is 17.9 Å². The smallest absolute Gasteiger partial charge is 0.304 e. The number of nitrogens with one attached hydrogen (secondary N) is 3. The standard InChI is InChI=1S/C34H42N4O7S/c39-22-21-36-46(44,45)30-15-13-29(14-16-30)37-34(43)32(27-6-2-1-3-7-27)38-33(42)28(23-31(40)41)8-4-5-24-9-11-25(12-10-24)26-17-19-35-20-18-26/h9-20,27-28,32,36,39H,1-8,21-23H2,(H,37,43)(H,38,42)(H,40,41). The summed E-state index contributed by atoms with van der Waals surface area (Å²) < 4.78 is 26.9. The first-order chi connectivity index (χ1) is 22.2. The first kappa shape index (κ1) is 34.7. The number of sulfonamides is 1. The predicted octanol–water partition coefficient (Wildman–Crippen LogP) is 4.14. The number of aromatic nitrogens is 1. The number of pyridine rings is 1. The monoisotopic (exact) mass is 650 g/mol. The molecule has 3 aromatic rings. The Bertz CT molecular complexity index is 1540. The maximum absolute atomic E-state index is 13.5. The highest BCUT2D eigenvalue weighted by Crippen LogP contribution is 2.28. The maximum Gasteiger partial charge on any atom is 0.304 e. The van der Waals surface area contributed by atoms with E-state index < -0.39 is 39.8 Å². The van der Waals surface area contributed by atoms with Gasteiger partial charge in [0.25, 0.3) is 0 Å². The van der Waals surface area contributed by atoms with Gasteiger partial charge >= 0.3 is 5.97 Å². The number of rotatable bonds is 16. The van der Waals surface area contributed by atoms with Gasteiger partial charge in [-0.1, -0.05) is 43.5 Å². The second-order valence-electron chi connectivity index (χ2n) is 11.6. The van der Waals surface area contributed by atoms with Crippen molar-refractivity contribution in [1.82, 2.24) is 15.0 Å². The molecule has 0 spiro atoms. The van der Waals surface area contributed by atoms with Gasteiger partial charge in [-0.2, -0.15) is 0 Å². The number of amides is 2. The largest absolute Gasteiger partial charge is 0.481 e. The second kappa shape index (κ2) is 17.0. The quantitative estimate of drug-likeness (QED) is 0.154. The molecule has 1 aliphatic rings. The minimum atomic E-state index is -3.81. The average molecular weight is 651 g/mol. The van der Waals surface area contributed by atoms with Gasteiger partial charge in [-0.3, -0.25) is 19.4 Å². The summed E-state index contributed by atoms with van der Waals surface area (Å²) in [5, 5.41) is 24.2. The minimum Gasteiger partial charge on any atom is -0.481 e. The lowest BCUT2D eigenvalue weighted by molar-refractivity contribution is -0.141. The van der Waals surface area contributed by atoms with E-state index in [9.17, 15) is 27.9 Å². The summed E-state index contributed by atoms with van der Waals surface area (Å²) >= 11 is 0. The number of benzene rings is 2. The van der Waals surface area contributed by atoms with Crippen LogP contribution in [0.3, 0.4) is 0 Å². The van der Waals surface area contributed by atoms with Gasteiger partial charge in [0.2, 0.25) is 21.8 Å². The van der Waals surface area contributed by atoms with E-state index in [-0.39, 0.29) is 30.4 Å². The number of nitrogens with zero attached hydrogens (tertiary/aromatic N) is 1. The lowest BCUT2D eigenvalue weighted by atomic mass is 9.83. The Hall–Kier alpha value is -4.13. The van der Waals surface area contributed by atoms with E-state index in [0.29, 0.717) is 24.9 Å². The summed E-state index contributed by atoms with van der Waals surface area (Å²) in [4.78, 5) is 42.8. The van der Waals surface area contributed by atoms with Crippen LogP contribution in [0.25, 0.3) is 11.1 Å². The zero-order chi connectivity index (χ0) is 32.9. The number of carbonyl (C=O) groups is 3. The SMILES string of the molecule is O=C(O)CC(CCCc1ccc(-c2ccncc2)cc1)C(=O)NC(C(=O)Nc1ccc(S(=O)(=O)NCCO)cc1)C1CCCCC1. The first-order valence-corrected chi connectivity index (χ1v) is 17.2. The molecular formula is C34H42N4O7S. The Morgan fingerprint density at radius 2 is 1.52 bits per heavy atom. The number of hydrogen-bond donors (Lipinski definition) is 5. The minimum absolute atomic E-state index is 0.0164. The number of aliphatic carboxylic acids is 1. The zero-order valence-electron chi connectivity index (χ0n) is 25.7. The van der Waals surface area contributed by atoms with Crippen molar-refractivity contribution in [2.75, 3.05) is 18.5 Å². The second-order valence-corrected chi connectivity index (χ2v) is 13.4. The Kier molecular flexibility index (Phi) is 12.8. The average Bonchev–Trinajstić information content (AvgIpc) is 3.07. The molecule has 4 rings (SSSR count). The molecule has 0 aliphatic heterocycles. The normalized spacial score (nSPS) is 15.1. The Morgan fingerprint density at radius 3 is 2.15 bits per heavy atom. The molecule has 1 aliphatic carbocycles. The van der Waals surface area contributed by atoms with Crippen molar-refractivity contribution < 1.29 is 33.0 Å². The number of aliphatic hydroxyl groups excluding tert-OH is 1. The molecule has 2 aromatic carbocycles. The first-order valence-electron chi connectivity index (χ1n) is 15.7. The van der Waals surface area contributed by atoms with Crippen molar-refractivity contribution >= 4 is 33.5 Å². The van der Waals surface area contributed by atoms with Crippen molar-refractivity contribution in [2.45, 2.75) is 68.7 Å². The van der Waals surface area contributed by atoms with Crippen LogP contribution in [-0.2, 0) is 30.8 Å². The lowest BCUT2D eigenvalue weighted by Crippen LogP contribution is -2.51. The van der Waals surface area contributed by atoms with Crippen LogP contribution >= 0.6 is 0 Å². The third-order valence-electron chi connectivity index (χ3n) is 8.31. The van der Waals surface area contributed by atoms with Crippen molar-refractivity contribution in [3.05, 3.63) is 78.6 Å². The van der Waals surface area contributed by atoms with Crippen LogP contribution in [0.15, 0.2) is 78.0 Å². The van der Waals surface area contributed by atoms with Gasteiger partial charge in [0.15, 0.2) is 0 Å². The summed E-state index contributed by atoms with van der Waals surface area (Å²) in [5.41, 5.74) is 3.57. The Morgan fingerprint density at radius 1 is 0.870 bits per heavy atom. The molecule has 0 radical (unpaired) electrons. The summed E-state index contributed by atoms with van der Waals surface area (Å²) in [7, 11) is -3.81. The molecule has 2 amide bonds. The van der Waals surface area contributed by atoms with Crippen molar-refractivity contribution in [3.8, 4) is 11.1 Å². The van der Waals surface area contributed by atoms with Gasteiger partial charge in [-0.15, -0.1) is 0 Å². The van der Waals surface area contributed by atoms with Gasteiger partial charge < -0.3 is 20.8 Å². The highest BCUT2D eigenvalue weighted by molar-refractivity contribution is 7.89. The summed E-state index contributed by atoms with van der Waals surface area (Å²) in [6, 6.07) is 16.7. The fourth-order valence-electron chi connectivity index (χ4n) is 5.83. The fourth-order valence-corrected chi connectivity index (χ4v) is 6.86. The van der Waals surface area contributed by atoms with E-state index in [1.165, 1.54) is 24.3 Å². The number of aliphatic hydroxyl groups is 1. The highest BCUT2D eigenvalue weighted by atomic mass is 32.2. The molecule has 5 N–H and O–H groups in total.